The first-order chi connectivity index (χ1) is 14.4. The van der Waals surface area contributed by atoms with Crippen LogP contribution in [0.4, 0.5) is 0 Å². The number of quaternary nitrogens is 1. The smallest absolute Gasteiger partial charge is 0.265 e. The number of ether oxygens (including phenoxy) is 2. The number of nitrogens with zero attached hydrogens (tertiary/aromatic N) is 1. The van der Waals surface area contributed by atoms with Crippen LogP contribution in [0.25, 0.3) is 0 Å². The molecule has 0 amide bonds. The molecule has 0 spiro atoms. The van der Waals surface area contributed by atoms with E-state index in [0.29, 0.717) is 32.8 Å². The van der Waals surface area contributed by atoms with Gasteiger partial charge in [-0.05, 0) is 32.6 Å². The van der Waals surface area contributed by atoms with Gasteiger partial charge in [-0.15, -0.1) is 0 Å². The normalized spacial score (nSPS) is 12.5. The zero-order chi connectivity index (χ0) is 22.6. The van der Waals surface area contributed by atoms with Gasteiger partial charge in [0.05, 0.1) is 45.2 Å². The number of hydrogen-bond acceptors (Lipinski definition) is 4. The Labute approximate surface area is 187 Å². The van der Waals surface area contributed by atoms with Gasteiger partial charge in [-0.1, -0.05) is 52.4 Å². The van der Waals surface area contributed by atoms with E-state index in [0.717, 1.165) is 30.7 Å². The van der Waals surface area contributed by atoms with E-state index in [1.54, 1.807) is 0 Å². The lowest BCUT2D eigenvalue weighted by atomic mass is 10.1. The van der Waals surface area contributed by atoms with Crippen molar-refractivity contribution in [3.05, 3.63) is 0 Å². The molecular weight excluding hydrogens is 402 g/mol. The molecule has 7 heteroatoms. The largest absolute Gasteiger partial charge is 0.379 e. The van der Waals surface area contributed by atoms with Crippen LogP contribution >= 0.6 is 0 Å². The van der Waals surface area contributed by atoms with Crippen LogP contribution in [-0.2, 0) is 19.6 Å². The van der Waals surface area contributed by atoms with E-state index in [2.05, 4.69) is 13.8 Å². The lowest BCUT2D eigenvalue weighted by Crippen LogP contribution is -2.52. The molecule has 0 aromatic heterocycles. The first-order valence-corrected chi connectivity index (χ1v) is 14.0. The summed E-state index contributed by atoms with van der Waals surface area (Å²) in [6.07, 6.45) is 12.9. The Morgan fingerprint density at radius 3 is 1.63 bits per heavy atom. The average Bonchev–Trinajstić information content (AvgIpc) is 2.69. The molecule has 0 fully saturated rings. The Morgan fingerprint density at radius 1 is 0.633 bits per heavy atom. The lowest BCUT2D eigenvalue weighted by molar-refractivity contribution is -0.929. The summed E-state index contributed by atoms with van der Waals surface area (Å²) in [5.74, 6) is -0.149. The molecular formula is C23H50NO5S+. The molecule has 0 bridgehead atoms. The zero-order valence-electron chi connectivity index (χ0n) is 20.1. The van der Waals surface area contributed by atoms with Gasteiger partial charge >= 0.3 is 0 Å². The number of hydrogen-bond donors (Lipinski definition) is 1. The van der Waals surface area contributed by atoms with Crippen molar-refractivity contribution in [3.63, 3.8) is 0 Å². The molecule has 0 radical (unpaired) electrons. The highest BCUT2D eigenvalue weighted by Gasteiger charge is 2.27. The molecule has 0 saturated carbocycles. The molecule has 0 heterocycles. The predicted molar refractivity (Wildman–Crippen MR) is 126 cm³/mol. The molecule has 6 nitrogen and oxygen atoms in total. The fraction of sp³-hybridized carbons (Fsp3) is 1.00. The fourth-order valence-electron chi connectivity index (χ4n) is 3.98. The Kier molecular flexibility index (Phi) is 19.3. The van der Waals surface area contributed by atoms with Crippen LogP contribution in [-0.4, -0.2) is 75.8 Å². The Hall–Kier alpha value is -0.210. The van der Waals surface area contributed by atoms with Crippen LogP contribution in [0.2, 0.25) is 0 Å². The molecule has 0 aliphatic carbocycles. The molecule has 0 aliphatic rings. The van der Waals surface area contributed by atoms with Crippen molar-refractivity contribution in [2.24, 2.45) is 0 Å². The minimum atomic E-state index is -3.90. The van der Waals surface area contributed by atoms with Crippen molar-refractivity contribution in [2.45, 2.75) is 91.4 Å². The highest BCUT2D eigenvalue weighted by atomic mass is 32.2. The van der Waals surface area contributed by atoms with Gasteiger partial charge in [0.2, 0.25) is 0 Å². The molecule has 0 atom stereocenters. The van der Waals surface area contributed by atoms with Crippen LogP contribution in [0, 0.1) is 0 Å². The van der Waals surface area contributed by atoms with Crippen LogP contribution in [0.15, 0.2) is 0 Å². The van der Waals surface area contributed by atoms with E-state index in [1.807, 2.05) is 6.92 Å². The first-order valence-electron chi connectivity index (χ1n) is 12.3. The summed E-state index contributed by atoms with van der Waals surface area (Å²) in [5.41, 5.74) is 0. The van der Waals surface area contributed by atoms with Crippen molar-refractivity contribution >= 4 is 10.1 Å². The third kappa shape index (κ3) is 18.6. The molecule has 1 N–H and O–H groups in total. The maximum Gasteiger partial charge on any atom is 0.265 e. The molecule has 0 aliphatic heterocycles. The summed E-state index contributed by atoms with van der Waals surface area (Å²) in [7, 11) is -3.90. The molecule has 0 aromatic rings. The second-order valence-corrected chi connectivity index (χ2v) is 10.1. The van der Waals surface area contributed by atoms with Gasteiger partial charge < -0.3 is 14.0 Å². The van der Waals surface area contributed by atoms with Crippen LogP contribution in [0.1, 0.15) is 91.4 Å². The van der Waals surface area contributed by atoms with Crippen molar-refractivity contribution in [2.75, 3.05) is 58.4 Å². The summed E-state index contributed by atoms with van der Waals surface area (Å²) in [5, 5.41) is 0. The minimum Gasteiger partial charge on any atom is -0.379 e. The monoisotopic (exact) mass is 452 g/mol. The molecule has 0 rings (SSSR count). The van der Waals surface area contributed by atoms with E-state index in [-0.39, 0.29) is 5.75 Å². The van der Waals surface area contributed by atoms with E-state index >= 15 is 0 Å². The van der Waals surface area contributed by atoms with Gasteiger partial charge in [0.15, 0.2) is 0 Å². The van der Waals surface area contributed by atoms with E-state index < -0.39 is 10.1 Å². The first kappa shape index (κ1) is 29.8. The molecule has 0 saturated heterocycles. The molecule has 182 valence electrons. The summed E-state index contributed by atoms with van der Waals surface area (Å²) in [4.78, 5) is 0. The van der Waals surface area contributed by atoms with Gasteiger partial charge in [0.1, 0.15) is 6.54 Å². The third-order valence-electron chi connectivity index (χ3n) is 5.79. The van der Waals surface area contributed by atoms with E-state index in [1.165, 1.54) is 64.2 Å². The summed E-state index contributed by atoms with van der Waals surface area (Å²) in [6.45, 7) is 12.9. The number of unbranched alkanes of at least 4 members (excludes halogenated alkanes) is 8. The highest BCUT2D eigenvalue weighted by molar-refractivity contribution is 7.85. The van der Waals surface area contributed by atoms with Crippen molar-refractivity contribution in [3.8, 4) is 0 Å². The lowest BCUT2D eigenvalue weighted by Gasteiger charge is -2.39. The Morgan fingerprint density at radius 2 is 1.13 bits per heavy atom. The second-order valence-electron chi connectivity index (χ2n) is 8.51. The van der Waals surface area contributed by atoms with Gasteiger partial charge in [0.25, 0.3) is 10.1 Å². The van der Waals surface area contributed by atoms with Gasteiger partial charge in [0, 0.05) is 13.0 Å². The third-order valence-corrected chi connectivity index (χ3v) is 6.60. The Balaban J connectivity index is 4.86. The van der Waals surface area contributed by atoms with Crippen LogP contribution < -0.4 is 0 Å². The highest BCUT2D eigenvalue weighted by Crippen LogP contribution is 2.17. The quantitative estimate of drug-likeness (QED) is 0.133. The molecule has 30 heavy (non-hydrogen) atoms. The molecule has 0 unspecified atom stereocenters. The van der Waals surface area contributed by atoms with E-state index in [9.17, 15) is 13.0 Å². The predicted octanol–water partition coefficient (Wildman–Crippen LogP) is 5.08. The van der Waals surface area contributed by atoms with E-state index in [4.69, 9.17) is 9.47 Å². The summed E-state index contributed by atoms with van der Waals surface area (Å²) >= 11 is 0. The SMILES string of the molecule is CCCCCCC[N+](CCCCCCC)(CCCS(=O)(=O)O)CCOCCOCC. The summed E-state index contributed by atoms with van der Waals surface area (Å²) in [6, 6.07) is 0. The molecule has 0 aromatic carbocycles. The topological polar surface area (TPSA) is 72.8 Å². The van der Waals surface area contributed by atoms with Crippen molar-refractivity contribution in [1.82, 2.24) is 0 Å². The number of rotatable bonds is 23. The minimum absolute atomic E-state index is 0.149. The maximum atomic E-state index is 11.3. The average molecular weight is 453 g/mol. The fourth-order valence-corrected chi connectivity index (χ4v) is 4.47. The van der Waals surface area contributed by atoms with Crippen molar-refractivity contribution < 1.29 is 26.9 Å². The maximum absolute atomic E-state index is 11.3. The van der Waals surface area contributed by atoms with Crippen molar-refractivity contribution in [1.29, 1.82) is 0 Å². The standard InChI is InChI=1S/C23H49NO5S/c1-4-7-9-11-13-16-24(17-14-12-10-8-5-2,18-15-23-30(25,26)27)19-20-29-22-21-28-6-3/h4-23H2,1-3H3/p+1. The Bertz CT molecular complexity index is 456. The second kappa shape index (κ2) is 19.5. The van der Waals surface area contributed by atoms with Crippen LogP contribution in [0.3, 0.4) is 0 Å². The van der Waals surface area contributed by atoms with Gasteiger partial charge in [-0.25, -0.2) is 0 Å². The van der Waals surface area contributed by atoms with Gasteiger partial charge in [-0.3, -0.25) is 4.55 Å². The summed E-state index contributed by atoms with van der Waals surface area (Å²) < 4.78 is 43.8. The van der Waals surface area contributed by atoms with Gasteiger partial charge in [-0.2, -0.15) is 8.42 Å². The van der Waals surface area contributed by atoms with Crippen LogP contribution in [0.5, 0.6) is 0 Å². The zero-order valence-corrected chi connectivity index (χ0v) is 20.9.